The van der Waals surface area contributed by atoms with Crippen LogP contribution in [-0.4, -0.2) is 0 Å². The molecular weight excluding hydrogens is 136 g/mol. The Morgan fingerprint density at radius 1 is 1.36 bits per heavy atom. The lowest BCUT2D eigenvalue weighted by molar-refractivity contribution is 1.01. The van der Waals surface area contributed by atoms with Crippen LogP contribution in [0.4, 0.5) is 5.69 Å². The van der Waals surface area contributed by atoms with Gasteiger partial charge in [-0.2, -0.15) is 0 Å². The summed E-state index contributed by atoms with van der Waals surface area (Å²) in [5, 5.41) is 0. The van der Waals surface area contributed by atoms with E-state index in [0.29, 0.717) is 6.54 Å². The fraction of sp³-hybridized carbons (Fsp3) is 0.333. The highest BCUT2D eigenvalue weighted by Gasteiger charge is 2.00. The molecule has 0 spiro atoms. The van der Waals surface area contributed by atoms with Gasteiger partial charge in [-0.25, -0.2) is 0 Å². The van der Waals surface area contributed by atoms with E-state index in [1.165, 1.54) is 5.56 Å². The van der Waals surface area contributed by atoms with E-state index >= 15 is 0 Å². The maximum absolute atomic E-state index is 5.73. The SMILES string of the molecule is CCc1cccc(N)c1CN. The minimum atomic E-state index is 0.538. The first-order valence-electron chi connectivity index (χ1n) is 3.86. The molecule has 0 amide bonds. The maximum Gasteiger partial charge on any atom is 0.0362 e. The Balaban J connectivity index is 3.13. The molecular formula is C9H14N2. The Labute approximate surface area is 67.2 Å². The van der Waals surface area contributed by atoms with Gasteiger partial charge in [0, 0.05) is 12.2 Å². The van der Waals surface area contributed by atoms with Crippen molar-refractivity contribution in [2.45, 2.75) is 19.9 Å². The van der Waals surface area contributed by atoms with Crippen LogP contribution in [-0.2, 0) is 13.0 Å². The molecule has 60 valence electrons. The zero-order valence-corrected chi connectivity index (χ0v) is 6.80. The fourth-order valence-electron chi connectivity index (χ4n) is 1.23. The van der Waals surface area contributed by atoms with Crippen LogP contribution in [0.15, 0.2) is 18.2 Å². The highest BCUT2D eigenvalue weighted by atomic mass is 14.6. The van der Waals surface area contributed by atoms with Crippen molar-refractivity contribution in [2.75, 3.05) is 5.73 Å². The molecule has 2 nitrogen and oxygen atoms in total. The van der Waals surface area contributed by atoms with Gasteiger partial charge in [-0.15, -0.1) is 0 Å². The second kappa shape index (κ2) is 3.39. The molecule has 1 rings (SSSR count). The summed E-state index contributed by atoms with van der Waals surface area (Å²) >= 11 is 0. The summed E-state index contributed by atoms with van der Waals surface area (Å²) in [6.45, 7) is 2.64. The Bertz CT molecular complexity index is 243. The number of nitrogens with two attached hydrogens (primary N) is 2. The molecule has 2 heteroatoms. The molecule has 0 fully saturated rings. The number of hydrogen-bond acceptors (Lipinski definition) is 2. The molecule has 0 unspecified atom stereocenters. The maximum atomic E-state index is 5.73. The molecule has 0 aliphatic rings. The molecule has 0 aliphatic carbocycles. The minimum Gasteiger partial charge on any atom is -0.398 e. The van der Waals surface area contributed by atoms with Crippen LogP contribution < -0.4 is 11.5 Å². The average molecular weight is 150 g/mol. The molecule has 1 aromatic carbocycles. The third-order valence-electron chi connectivity index (χ3n) is 1.89. The molecule has 0 radical (unpaired) electrons. The third-order valence-corrected chi connectivity index (χ3v) is 1.89. The number of anilines is 1. The van der Waals surface area contributed by atoms with Crippen molar-refractivity contribution in [1.82, 2.24) is 0 Å². The number of aryl methyl sites for hydroxylation is 1. The first-order valence-corrected chi connectivity index (χ1v) is 3.86. The van der Waals surface area contributed by atoms with Gasteiger partial charge in [0.05, 0.1) is 0 Å². The second-order valence-corrected chi connectivity index (χ2v) is 2.54. The standard InChI is InChI=1S/C9H14N2/c1-2-7-4-3-5-9(11)8(7)6-10/h3-5H,2,6,10-11H2,1H3. The van der Waals surface area contributed by atoms with Gasteiger partial charge in [0.25, 0.3) is 0 Å². The largest absolute Gasteiger partial charge is 0.398 e. The van der Waals surface area contributed by atoms with Crippen molar-refractivity contribution in [3.63, 3.8) is 0 Å². The zero-order chi connectivity index (χ0) is 8.27. The van der Waals surface area contributed by atoms with E-state index in [9.17, 15) is 0 Å². The normalized spacial score (nSPS) is 10.0. The Kier molecular flexibility index (Phi) is 2.49. The highest BCUT2D eigenvalue weighted by Crippen LogP contribution is 2.16. The molecule has 0 saturated heterocycles. The first kappa shape index (κ1) is 8.08. The summed E-state index contributed by atoms with van der Waals surface area (Å²) in [4.78, 5) is 0. The average Bonchev–Trinajstić information content (AvgIpc) is 2.04. The summed E-state index contributed by atoms with van der Waals surface area (Å²) in [7, 11) is 0. The smallest absolute Gasteiger partial charge is 0.0362 e. The minimum absolute atomic E-state index is 0.538. The summed E-state index contributed by atoms with van der Waals surface area (Å²) in [6.07, 6.45) is 0.998. The quantitative estimate of drug-likeness (QED) is 0.624. The van der Waals surface area contributed by atoms with Gasteiger partial charge in [0.2, 0.25) is 0 Å². The lowest BCUT2D eigenvalue weighted by Gasteiger charge is -2.07. The zero-order valence-electron chi connectivity index (χ0n) is 6.80. The third kappa shape index (κ3) is 1.52. The van der Waals surface area contributed by atoms with Crippen molar-refractivity contribution >= 4 is 5.69 Å². The molecule has 0 aliphatic heterocycles. The van der Waals surface area contributed by atoms with E-state index in [2.05, 4.69) is 13.0 Å². The van der Waals surface area contributed by atoms with Crippen molar-refractivity contribution in [3.8, 4) is 0 Å². The van der Waals surface area contributed by atoms with Crippen LogP contribution in [0.2, 0.25) is 0 Å². The molecule has 4 N–H and O–H groups in total. The van der Waals surface area contributed by atoms with Gasteiger partial charge in [-0.05, 0) is 23.6 Å². The van der Waals surface area contributed by atoms with Gasteiger partial charge in [-0.3, -0.25) is 0 Å². The van der Waals surface area contributed by atoms with Crippen LogP contribution in [0.5, 0.6) is 0 Å². The Morgan fingerprint density at radius 3 is 2.55 bits per heavy atom. The van der Waals surface area contributed by atoms with Crippen LogP contribution in [0, 0.1) is 0 Å². The molecule has 0 saturated carbocycles. The Hall–Kier alpha value is -1.02. The van der Waals surface area contributed by atoms with E-state index in [4.69, 9.17) is 11.5 Å². The van der Waals surface area contributed by atoms with Gasteiger partial charge in [0.1, 0.15) is 0 Å². The molecule has 0 atom stereocenters. The van der Waals surface area contributed by atoms with Gasteiger partial charge in [0.15, 0.2) is 0 Å². The van der Waals surface area contributed by atoms with Gasteiger partial charge in [-0.1, -0.05) is 19.1 Å². The summed E-state index contributed by atoms with van der Waals surface area (Å²) in [5.74, 6) is 0. The van der Waals surface area contributed by atoms with E-state index in [0.717, 1.165) is 17.7 Å². The predicted molar refractivity (Wildman–Crippen MR) is 48.1 cm³/mol. The molecule has 1 aromatic rings. The first-order chi connectivity index (χ1) is 5.29. The number of rotatable bonds is 2. The summed E-state index contributed by atoms with van der Waals surface area (Å²) in [6, 6.07) is 5.92. The second-order valence-electron chi connectivity index (χ2n) is 2.54. The van der Waals surface area contributed by atoms with Crippen molar-refractivity contribution in [2.24, 2.45) is 5.73 Å². The molecule has 0 heterocycles. The van der Waals surface area contributed by atoms with Crippen LogP contribution in [0.25, 0.3) is 0 Å². The van der Waals surface area contributed by atoms with Crippen LogP contribution in [0.1, 0.15) is 18.1 Å². The Morgan fingerprint density at radius 2 is 2.09 bits per heavy atom. The van der Waals surface area contributed by atoms with E-state index < -0.39 is 0 Å². The fourth-order valence-corrected chi connectivity index (χ4v) is 1.23. The van der Waals surface area contributed by atoms with Gasteiger partial charge >= 0.3 is 0 Å². The van der Waals surface area contributed by atoms with Crippen LogP contribution in [0.3, 0.4) is 0 Å². The molecule has 0 aromatic heterocycles. The molecule has 0 bridgehead atoms. The highest BCUT2D eigenvalue weighted by molar-refractivity contribution is 5.50. The van der Waals surface area contributed by atoms with Crippen LogP contribution >= 0.6 is 0 Å². The lowest BCUT2D eigenvalue weighted by Crippen LogP contribution is -2.04. The van der Waals surface area contributed by atoms with E-state index in [1.807, 2.05) is 12.1 Å². The topological polar surface area (TPSA) is 52.0 Å². The van der Waals surface area contributed by atoms with E-state index in [-0.39, 0.29) is 0 Å². The molecule has 11 heavy (non-hydrogen) atoms. The number of nitrogen functional groups attached to an aromatic ring is 1. The number of benzene rings is 1. The van der Waals surface area contributed by atoms with E-state index in [1.54, 1.807) is 0 Å². The van der Waals surface area contributed by atoms with Gasteiger partial charge < -0.3 is 11.5 Å². The summed E-state index contributed by atoms with van der Waals surface area (Å²) < 4.78 is 0. The van der Waals surface area contributed by atoms with Crippen molar-refractivity contribution in [1.29, 1.82) is 0 Å². The summed E-state index contributed by atoms with van der Waals surface area (Å²) in [5.41, 5.74) is 14.4. The van der Waals surface area contributed by atoms with Crippen molar-refractivity contribution < 1.29 is 0 Å². The monoisotopic (exact) mass is 150 g/mol. The lowest BCUT2D eigenvalue weighted by atomic mass is 10.0. The number of hydrogen-bond donors (Lipinski definition) is 2. The predicted octanol–water partition coefficient (Wildman–Crippen LogP) is 1.29. The van der Waals surface area contributed by atoms with Crippen molar-refractivity contribution in [3.05, 3.63) is 29.3 Å².